The summed E-state index contributed by atoms with van der Waals surface area (Å²) in [5.41, 5.74) is 3.51. The monoisotopic (exact) mass is 659 g/mol. The summed E-state index contributed by atoms with van der Waals surface area (Å²) in [6.07, 6.45) is -5.29. The Bertz CT molecular complexity index is 1720. The zero-order valence-electron chi connectivity index (χ0n) is 25.5. The molecule has 15 heteroatoms. The second-order valence-corrected chi connectivity index (χ2v) is 12.2. The fourth-order valence-electron chi connectivity index (χ4n) is 7.33. The van der Waals surface area contributed by atoms with Crippen molar-refractivity contribution in [2.24, 2.45) is 29.4 Å². The first-order valence-electron chi connectivity index (χ1n) is 14.8. The minimum atomic E-state index is -5.11. The fourth-order valence-corrected chi connectivity index (χ4v) is 7.33. The predicted molar refractivity (Wildman–Crippen MR) is 156 cm³/mol. The molecule has 2 aromatic carbocycles. The number of halogens is 3. The molecule has 0 aromatic heterocycles. The maximum Gasteiger partial charge on any atom is 0.471 e. The number of phenolic OH excluding ortho intramolecular Hbond substituents is 1. The van der Waals surface area contributed by atoms with E-state index in [0.29, 0.717) is 16.7 Å². The number of nitrogens with one attached hydrogen (secondary N) is 1. The van der Waals surface area contributed by atoms with Crippen molar-refractivity contribution in [1.82, 2.24) is 10.2 Å². The third-order valence-electron chi connectivity index (χ3n) is 9.31. The molecule has 5 rings (SSSR count). The zero-order chi connectivity index (χ0) is 34.7. The summed E-state index contributed by atoms with van der Waals surface area (Å²) in [4.78, 5) is 79.8. The third-order valence-corrected chi connectivity index (χ3v) is 9.31. The number of amides is 2. The lowest BCUT2D eigenvalue weighted by Crippen LogP contribution is -2.74. The molecule has 2 amide bonds. The molecule has 0 radical (unpaired) electrons. The lowest BCUT2D eigenvalue weighted by atomic mass is 9.52. The normalized spacial score (nSPS) is 27.2. The van der Waals surface area contributed by atoms with E-state index in [9.17, 15) is 52.2 Å². The second kappa shape index (κ2) is 11.9. The highest BCUT2D eigenvalue weighted by molar-refractivity contribution is 6.32. The Balaban J connectivity index is 1.59. The van der Waals surface area contributed by atoms with Crippen molar-refractivity contribution in [3.05, 3.63) is 47.0 Å². The number of Topliss-reactive ketones (excluding diaryl/α,β-unsaturated/α-hetero) is 4. The number of aliphatic hydroxyl groups is 1. The van der Waals surface area contributed by atoms with Crippen LogP contribution in [0.1, 0.15) is 34.8 Å². The van der Waals surface area contributed by atoms with Crippen LogP contribution in [-0.2, 0) is 36.9 Å². The van der Waals surface area contributed by atoms with Gasteiger partial charge in [-0.05, 0) is 74.7 Å². The molecule has 6 atom stereocenters. The Morgan fingerprint density at radius 1 is 1.11 bits per heavy atom. The van der Waals surface area contributed by atoms with Crippen molar-refractivity contribution in [2.75, 3.05) is 20.7 Å². The summed E-state index contributed by atoms with van der Waals surface area (Å²) in [5, 5.41) is 24.4. The summed E-state index contributed by atoms with van der Waals surface area (Å²) >= 11 is 0. The highest BCUT2D eigenvalue weighted by Crippen LogP contribution is 2.52. The SMILES string of the molecule is CCOc1ccc(-c2ccc(O)c3c2C[C@H]2C[C@H]4[C@H](N(C)C)C(=O)C(C(N)=O)C(=O)[C@@]4(O)C(=O)C2C3=O)cc1CNC(=O)C(F)(F)F. The van der Waals surface area contributed by atoms with Gasteiger partial charge in [0.05, 0.1) is 24.1 Å². The summed E-state index contributed by atoms with van der Waals surface area (Å²) < 4.78 is 44.1. The first kappa shape index (κ1) is 33.7. The van der Waals surface area contributed by atoms with Crippen molar-refractivity contribution in [2.45, 2.75) is 44.1 Å². The van der Waals surface area contributed by atoms with Crippen LogP contribution in [0, 0.1) is 23.7 Å². The van der Waals surface area contributed by atoms with Gasteiger partial charge in [-0.1, -0.05) is 12.1 Å². The van der Waals surface area contributed by atoms with Gasteiger partial charge in [-0.25, -0.2) is 0 Å². The predicted octanol–water partition coefficient (Wildman–Crippen LogP) is 1.11. The maximum atomic E-state index is 14.0. The number of fused-ring (bicyclic) bond motifs is 3. The van der Waals surface area contributed by atoms with Crippen LogP contribution in [0.3, 0.4) is 0 Å². The Kier molecular flexibility index (Phi) is 8.52. The largest absolute Gasteiger partial charge is 0.507 e. The first-order chi connectivity index (χ1) is 21.9. The molecule has 3 aliphatic carbocycles. The van der Waals surface area contributed by atoms with Crippen molar-refractivity contribution < 1.29 is 56.9 Å². The molecule has 2 aromatic rings. The molecule has 5 N–H and O–H groups in total. The number of primary amides is 1. The van der Waals surface area contributed by atoms with Crippen LogP contribution in [0.25, 0.3) is 11.1 Å². The maximum absolute atomic E-state index is 14.0. The van der Waals surface area contributed by atoms with Crippen molar-refractivity contribution in [1.29, 1.82) is 0 Å². The Morgan fingerprint density at radius 3 is 2.38 bits per heavy atom. The quantitative estimate of drug-likeness (QED) is 0.313. The average molecular weight is 660 g/mol. The van der Waals surface area contributed by atoms with E-state index >= 15 is 0 Å². The molecule has 2 unspecified atom stereocenters. The van der Waals surface area contributed by atoms with Gasteiger partial charge in [0, 0.05) is 18.0 Å². The number of hydrogen-bond donors (Lipinski definition) is 4. The number of nitrogens with zero attached hydrogens (tertiary/aromatic N) is 1. The van der Waals surface area contributed by atoms with Gasteiger partial charge in [0.2, 0.25) is 5.91 Å². The third kappa shape index (κ3) is 5.36. The number of likely N-dealkylation sites (N-methyl/N-ethyl adjacent to an activating group) is 1. The number of hydrogen-bond acceptors (Lipinski definition) is 10. The van der Waals surface area contributed by atoms with Gasteiger partial charge < -0.3 is 26.0 Å². The van der Waals surface area contributed by atoms with E-state index in [1.807, 2.05) is 5.32 Å². The smallest absolute Gasteiger partial charge is 0.471 e. The molecule has 47 heavy (non-hydrogen) atoms. The van der Waals surface area contributed by atoms with Gasteiger partial charge in [0.15, 0.2) is 34.7 Å². The van der Waals surface area contributed by atoms with Crippen LogP contribution in [-0.4, -0.2) is 88.6 Å². The van der Waals surface area contributed by atoms with Crippen LogP contribution in [0.15, 0.2) is 30.3 Å². The number of benzene rings is 2. The number of aromatic hydroxyl groups is 1. The van der Waals surface area contributed by atoms with Gasteiger partial charge >= 0.3 is 12.1 Å². The van der Waals surface area contributed by atoms with E-state index in [1.165, 1.54) is 43.3 Å². The number of phenols is 1. The summed E-state index contributed by atoms with van der Waals surface area (Å²) in [6.45, 7) is 1.30. The molecule has 12 nitrogen and oxygen atoms in total. The zero-order valence-corrected chi connectivity index (χ0v) is 25.5. The molecule has 2 saturated carbocycles. The standard InChI is InChI=1S/C32H32F3N3O9/c1-4-47-20-8-5-13(9-15(20)12-37-30(45)32(33,34)35)16-6-7-19(39)22-17(16)10-14-11-18-24(38(2)3)26(41)23(29(36)44)28(43)31(18,46)27(42)21(14)25(22)40/h5-9,14,18,21,23-24,39,46H,4,10-12H2,1-3H3,(H2,36,44)(H,37,45)/t14-,18-,21?,23?,24-,31-/m0/s1. The van der Waals surface area contributed by atoms with E-state index in [1.54, 1.807) is 13.0 Å². The topological polar surface area (TPSA) is 193 Å². The number of nitrogens with two attached hydrogens (primary N) is 1. The highest BCUT2D eigenvalue weighted by atomic mass is 19.4. The number of carbonyl (C=O) groups excluding carboxylic acids is 6. The van der Waals surface area contributed by atoms with E-state index in [2.05, 4.69) is 0 Å². The number of ether oxygens (including phenoxy) is 1. The molecule has 0 bridgehead atoms. The minimum absolute atomic E-state index is 0.0249. The molecular formula is C32H32F3N3O9. The molecule has 0 saturated heterocycles. The Labute approximate surface area is 266 Å². The molecule has 3 aliphatic rings. The van der Waals surface area contributed by atoms with Gasteiger partial charge in [0.1, 0.15) is 11.5 Å². The lowest BCUT2D eigenvalue weighted by molar-refractivity contribution is -0.181. The number of ketones is 4. The molecule has 0 spiro atoms. The van der Waals surface area contributed by atoms with Crippen LogP contribution >= 0.6 is 0 Å². The number of carbonyl (C=O) groups is 6. The van der Waals surface area contributed by atoms with E-state index in [-0.39, 0.29) is 36.3 Å². The number of alkyl halides is 3. The Morgan fingerprint density at radius 2 is 1.79 bits per heavy atom. The highest BCUT2D eigenvalue weighted by Gasteiger charge is 2.69. The van der Waals surface area contributed by atoms with Crippen molar-refractivity contribution >= 4 is 34.9 Å². The molecule has 250 valence electrons. The van der Waals surface area contributed by atoms with Gasteiger partial charge in [-0.3, -0.25) is 33.7 Å². The second-order valence-electron chi connectivity index (χ2n) is 12.2. The summed E-state index contributed by atoms with van der Waals surface area (Å²) in [5.74, 6) is -13.9. The van der Waals surface area contributed by atoms with Gasteiger partial charge in [-0.15, -0.1) is 0 Å². The van der Waals surface area contributed by atoms with Crippen LogP contribution in [0.4, 0.5) is 13.2 Å². The van der Waals surface area contributed by atoms with Crippen LogP contribution < -0.4 is 15.8 Å². The van der Waals surface area contributed by atoms with E-state index in [4.69, 9.17) is 10.5 Å². The summed E-state index contributed by atoms with van der Waals surface area (Å²) in [6, 6.07) is 5.97. The van der Waals surface area contributed by atoms with Crippen molar-refractivity contribution in [3.8, 4) is 22.6 Å². The molecule has 0 heterocycles. The van der Waals surface area contributed by atoms with E-state index in [0.717, 1.165) is 0 Å². The van der Waals surface area contributed by atoms with Gasteiger partial charge in [0.25, 0.3) is 0 Å². The first-order valence-corrected chi connectivity index (χ1v) is 14.8. The number of rotatable bonds is 7. The van der Waals surface area contributed by atoms with E-state index < -0.39 is 88.7 Å². The van der Waals surface area contributed by atoms with Crippen LogP contribution in [0.2, 0.25) is 0 Å². The average Bonchev–Trinajstić information content (AvgIpc) is 2.97. The lowest BCUT2D eigenvalue weighted by Gasteiger charge is -2.52. The van der Waals surface area contributed by atoms with Crippen molar-refractivity contribution in [3.63, 3.8) is 0 Å². The minimum Gasteiger partial charge on any atom is -0.507 e. The Hall–Kier alpha value is -4.63. The summed E-state index contributed by atoms with van der Waals surface area (Å²) in [7, 11) is 2.96. The van der Waals surface area contributed by atoms with Gasteiger partial charge in [-0.2, -0.15) is 13.2 Å². The van der Waals surface area contributed by atoms with Crippen LogP contribution in [0.5, 0.6) is 11.5 Å². The fraction of sp³-hybridized carbons (Fsp3) is 0.438. The molecular weight excluding hydrogens is 627 g/mol. The molecule has 2 fully saturated rings. The molecule has 0 aliphatic heterocycles.